The second-order valence-electron chi connectivity index (χ2n) is 9.10. The second kappa shape index (κ2) is 10.6. The van der Waals surface area contributed by atoms with Crippen molar-refractivity contribution in [2.24, 2.45) is 5.92 Å². The Balaban J connectivity index is 1.58. The van der Waals surface area contributed by atoms with E-state index in [4.69, 9.17) is 4.74 Å². The fourth-order valence-corrected chi connectivity index (χ4v) is 4.76. The maximum Gasteiger partial charge on any atom is 0.254 e. The molecule has 3 fully saturated rings. The maximum atomic E-state index is 13.6. The van der Waals surface area contributed by atoms with Gasteiger partial charge < -0.3 is 24.8 Å². The summed E-state index contributed by atoms with van der Waals surface area (Å²) >= 11 is 0. The van der Waals surface area contributed by atoms with Gasteiger partial charge in [-0.1, -0.05) is 0 Å². The molecule has 1 aliphatic carbocycles. The molecule has 1 aromatic carbocycles. The fraction of sp³-hybridized carbons (Fsp3) is 0.625. The molecule has 0 aromatic heterocycles. The molecule has 33 heavy (non-hydrogen) atoms. The predicted octanol–water partition coefficient (Wildman–Crippen LogP) is 1.12. The van der Waals surface area contributed by atoms with E-state index in [2.05, 4.69) is 5.32 Å². The van der Waals surface area contributed by atoms with Gasteiger partial charge >= 0.3 is 0 Å². The van der Waals surface area contributed by atoms with E-state index in [0.29, 0.717) is 44.8 Å². The van der Waals surface area contributed by atoms with Gasteiger partial charge in [-0.05, 0) is 56.5 Å². The monoisotopic (exact) mass is 460 g/mol. The number of carbonyl (C=O) groups is 3. The molecule has 9 heteroatoms. The van der Waals surface area contributed by atoms with Crippen LogP contribution in [0.5, 0.6) is 0 Å². The quantitative estimate of drug-likeness (QED) is 0.660. The summed E-state index contributed by atoms with van der Waals surface area (Å²) in [6, 6.07) is 4.49. The Morgan fingerprint density at radius 3 is 2.61 bits per heavy atom. The van der Waals surface area contributed by atoms with Gasteiger partial charge in [0.25, 0.3) is 5.91 Å². The van der Waals surface area contributed by atoms with Crippen LogP contribution in [0.1, 0.15) is 36.0 Å². The number of methoxy groups -OCH3 is 1. The highest BCUT2D eigenvalue weighted by molar-refractivity contribution is 5.98. The zero-order valence-electron chi connectivity index (χ0n) is 19.2. The lowest BCUT2D eigenvalue weighted by Gasteiger charge is -2.29. The van der Waals surface area contributed by atoms with Gasteiger partial charge in [-0.2, -0.15) is 0 Å². The molecule has 2 heterocycles. The molecule has 0 bridgehead atoms. The van der Waals surface area contributed by atoms with Crippen LogP contribution in [-0.4, -0.2) is 97.5 Å². The number of amides is 3. The molecule has 2 atom stereocenters. The third-order valence-electron chi connectivity index (χ3n) is 6.75. The first-order valence-electron chi connectivity index (χ1n) is 11.8. The summed E-state index contributed by atoms with van der Waals surface area (Å²) in [7, 11) is 1.60. The van der Waals surface area contributed by atoms with Gasteiger partial charge in [0.15, 0.2) is 0 Å². The normalized spacial score (nSPS) is 23.3. The highest BCUT2D eigenvalue weighted by atomic mass is 19.1. The Labute approximate surface area is 194 Å². The number of nitrogens with one attached hydrogen (secondary N) is 1. The van der Waals surface area contributed by atoms with Crippen LogP contribution < -0.4 is 5.32 Å². The summed E-state index contributed by atoms with van der Waals surface area (Å²) in [5.74, 6) is -0.694. The van der Waals surface area contributed by atoms with Crippen LogP contribution in [0.15, 0.2) is 24.3 Å². The highest BCUT2D eigenvalue weighted by Crippen LogP contribution is 2.34. The number of benzene rings is 1. The molecular weight excluding hydrogens is 427 g/mol. The van der Waals surface area contributed by atoms with Crippen LogP contribution >= 0.6 is 0 Å². The van der Waals surface area contributed by atoms with Gasteiger partial charge in [-0.25, -0.2) is 4.39 Å². The van der Waals surface area contributed by atoms with E-state index < -0.39 is 11.9 Å². The van der Waals surface area contributed by atoms with Crippen molar-refractivity contribution >= 4 is 17.7 Å². The number of ether oxygens (including phenoxy) is 1. The van der Waals surface area contributed by atoms with Crippen molar-refractivity contribution in [1.29, 1.82) is 0 Å². The van der Waals surface area contributed by atoms with E-state index in [-0.39, 0.29) is 36.2 Å². The van der Waals surface area contributed by atoms with Crippen molar-refractivity contribution in [3.8, 4) is 0 Å². The lowest BCUT2D eigenvalue weighted by Crippen LogP contribution is -2.48. The molecular formula is C24H33FN4O4. The van der Waals surface area contributed by atoms with Crippen molar-refractivity contribution in [1.82, 2.24) is 20.0 Å². The minimum Gasteiger partial charge on any atom is -0.383 e. The molecule has 3 aliphatic rings. The van der Waals surface area contributed by atoms with Crippen LogP contribution in [-0.2, 0) is 14.3 Å². The summed E-state index contributed by atoms with van der Waals surface area (Å²) < 4.78 is 18.7. The summed E-state index contributed by atoms with van der Waals surface area (Å²) in [6.45, 7) is 3.92. The Bertz CT molecular complexity index is 853. The zero-order chi connectivity index (χ0) is 23.4. The Hall–Kier alpha value is -2.52. The van der Waals surface area contributed by atoms with Gasteiger partial charge in [0.2, 0.25) is 11.8 Å². The first-order chi connectivity index (χ1) is 16.0. The van der Waals surface area contributed by atoms with Crippen molar-refractivity contribution in [2.45, 2.75) is 37.8 Å². The molecule has 8 nitrogen and oxygen atoms in total. The SMILES string of the molecule is COCCN(C(=O)C1CC1)C1CC(C(=O)N2CCCNCC2)N(C(=O)c2ccc(F)cc2)C1. The van der Waals surface area contributed by atoms with E-state index in [9.17, 15) is 18.8 Å². The van der Waals surface area contributed by atoms with Gasteiger partial charge in [-0.15, -0.1) is 0 Å². The zero-order valence-corrected chi connectivity index (χ0v) is 19.2. The van der Waals surface area contributed by atoms with Crippen LogP contribution in [0.3, 0.4) is 0 Å². The number of nitrogens with zero attached hydrogens (tertiary/aromatic N) is 3. The number of hydrogen-bond acceptors (Lipinski definition) is 5. The largest absolute Gasteiger partial charge is 0.383 e. The maximum absolute atomic E-state index is 13.6. The topological polar surface area (TPSA) is 82.2 Å². The smallest absolute Gasteiger partial charge is 0.254 e. The van der Waals surface area contributed by atoms with Crippen LogP contribution in [0, 0.1) is 11.7 Å². The third-order valence-corrected chi connectivity index (χ3v) is 6.75. The molecule has 0 spiro atoms. The molecule has 1 saturated carbocycles. The first-order valence-corrected chi connectivity index (χ1v) is 11.8. The van der Waals surface area contributed by atoms with Gasteiger partial charge in [-0.3, -0.25) is 14.4 Å². The van der Waals surface area contributed by atoms with Crippen molar-refractivity contribution < 1.29 is 23.5 Å². The Kier molecular flexibility index (Phi) is 7.60. The molecule has 3 amide bonds. The third kappa shape index (κ3) is 5.52. The lowest BCUT2D eigenvalue weighted by atomic mass is 10.1. The molecule has 2 unspecified atom stereocenters. The first kappa shape index (κ1) is 23.6. The van der Waals surface area contributed by atoms with Crippen LogP contribution in [0.25, 0.3) is 0 Å². The standard InChI is InChI=1S/C24H33FN4O4/c1-33-14-13-28(22(30)17-3-4-17)20-15-21(24(32)27-11-2-9-26-10-12-27)29(16-20)23(31)18-5-7-19(25)8-6-18/h5-8,17,20-21,26H,2-4,9-16H2,1H3. The summed E-state index contributed by atoms with van der Waals surface area (Å²) in [5, 5.41) is 3.30. The van der Waals surface area contributed by atoms with Gasteiger partial charge in [0.1, 0.15) is 11.9 Å². The minimum absolute atomic E-state index is 0.0366. The molecule has 2 aliphatic heterocycles. The Morgan fingerprint density at radius 2 is 1.91 bits per heavy atom. The predicted molar refractivity (Wildman–Crippen MR) is 120 cm³/mol. The minimum atomic E-state index is -0.650. The number of likely N-dealkylation sites (tertiary alicyclic amines) is 1. The molecule has 1 aromatic rings. The molecule has 0 radical (unpaired) electrons. The summed E-state index contributed by atoms with van der Waals surface area (Å²) in [5.41, 5.74) is 0.337. The lowest BCUT2D eigenvalue weighted by molar-refractivity contribution is -0.137. The Morgan fingerprint density at radius 1 is 1.15 bits per heavy atom. The van der Waals surface area contributed by atoms with E-state index in [0.717, 1.165) is 25.8 Å². The van der Waals surface area contributed by atoms with Crippen LogP contribution in [0.4, 0.5) is 4.39 Å². The van der Waals surface area contributed by atoms with Crippen molar-refractivity contribution in [2.75, 3.05) is 53.0 Å². The van der Waals surface area contributed by atoms with Gasteiger partial charge in [0.05, 0.1) is 12.6 Å². The molecule has 180 valence electrons. The number of carbonyl (C=O) groups excluding carboxylic acids is 3. The van der Waals surface area contributed by atoms with Gasteiger partial charge in [0, 0.05) is 51.3 Å². The van der Waals surface area contributed by atoms with E-state index in [1.807, 2.05) is 9.80 Å². The second-order valence-corrected chi connectivity index (χ2v) is 9.10. The number of hydrogen-bond donors (Lipinski definition) is 1. The highest BCUT2D eigenvalue weighted by Gasteiger charge is 2.46. The van der Waals surface area contributed by atoms with Crippen LogP contribution in [0.2, 0.25) is 0 Å². The van der Waals surface area contributed by atoms with Crippen molar-refractivity contribution in [3.05, 3.63) is 35.6 Å². The van der Waals surface area contributed by atoms with Crippen molar-refractivity contribution in [3.63, 3.8) is 0 Å². The average molecular weight is 461 g/mol. The van der Waals surface area contributed by atoms with E-state index in [1.54, 1.807) is 12.0 Å². The molecule has 4 rings (SSSR count). The average Bonchev–Trinajstić information content (AvgIpc) is 3.63. The fourth-order valence-electron chi connectivity index (χ4n) is 4.76. The molecule has 1 N–H and O–H groups in total. The van der Waals surface area contributed by atoms with E-state index in [1.165, 1.54) is 24.3 Å². The summed E-state index contributed by atoms with van der Waals surface area (Å²) in [6.07, 6.45) is 3.03. The summed E-state index contributed by atoms with van der Waals surface area (Å²) in [4.78, 5) is 45.2. The number of rotatable bonds is 7. The number of halogens is 1. The molecule has 2 saturated heterocycles. The van der Waals surface area contributed by atoms with E-state index >= 15 is 0 Å².